The zero-order valence-corrected chi connectivity index (χ0v) is 13.1. The summed E-state index contributed by atoms with van der Waals surface area (Å²) < 4.78 is 5.21. The summed E-state index contributed by atoms with van der Waals surface area (Å²) in [6.45, 7) is 0.461. The van der Waals surface area contributed by atoms with Crippen molar-refractivity contribution in [3.8, 4) is 0 Å². The van der Waals surface area contributed by atoms with Gasteiger partial charge < -0.3 is 10.1 Å². The molecule has 0 aliphatic heterocycles. The van der Waals surface area contributed by atoms with Crippen LogP contribution in [0.25, 0.3) is 0 Å². The van der Waals surface area contributed by atoms with E-state index in [0.717, 1.165) is 10.9 Å². The van der Waals surface area contributed by atoms with Gasteiger partial charge in [-0.1, -0.05) is 11.6 Å². The van der Waals surface area contributed by atoms with Gasteiger partial charge in [0.15, 0.2) is 0 Å². The maximum absolute atomic E-state index is 11.4. The molecule has 2 aromatic heterocycles. The minimum Gasteiger partial charge on any atom is -0.465 e. The Bertz CT molecular complexity index is 704. The fourth-order valence-electron chi connectivity index (χ4n) is 1.75. The Balaban J connectivity index is 2.09. The Kier molecular flexibility index (Phi) is 5.29. The second-order valence-electron chi connectivity index (χ2n) is 4.22. The third-order valence-electron chi connectivity index (χ3n) is 2.78. The van der Waals surface area contributed by atoms with Gasteiger partial charge in [0.25, 0.3) is 0 Å². The van der Waals surface area contributed by atoms with E-state index >= 15 is 0 Å². The minimum absolute atomic E-state index is 0.0322. The van der Waals surface area contributed by atoms with Gasteiger partial charge in [-0.2, -0.15) is 0 Å². The van der Waals surface area contributed by atoms with Crippen molar-refractivity contribution < 1.29 is 14.5 Å². The van der Waals surface area contributed by atoms with E-state index in [9.17, 15) is 14.9 Å². The first-order chi connectivity index (χ1) is 10.5. The highest BCUT2D eigenvalue weighted by atomic mass is 35.5. The van der Waals surface area contributed by atoms with Crippen LogP contribution in [-0.2, 0) is 11.2 Å². The van der Waals surface area contributed by atoms with Crippen molar-refractivity contribution in [1.82, 2.24) is 4.98 Å². The van der Waals surface area contributed by atoms with Crippen molar-refractivity contribution in [3.63, 3.8) is 0 Å². The lowest BCUT2D eigenvalue weighted by Crippen LogP contribution is -2.10. The van der Waals surface area contributed by atoms with Crippen molar-refractivity contribution in [1.29, 1.82) is 0 Å². The van der Waals surface area contributed by atoms with Gasteiger partial charge >= 0.3 is 11.7 Å². The molecule has 0 saturated heterocycles. The van der Waals surface area contributed by atoms with Crippen LogP contribution in [-0.4, -0.2) is 29.5 Å². The van der Waals surface area contributed by atoms with Gasteiger partial charge in [0, 0.05) is 23.7 Å². The summed E-state index contributed by atoms with van der Waals surface area (Å²) >= 11 is 7.29. The molecule has 0 aliphatic carbocycles. The predicted molar refractivity (Wildman–Crippen MR) is 83.8 cm³/mol. The van der Waals surface area contributed by atoms with E-state index in [-0.39, 0.29) is 17.1 Å². The molecule has 0 saturated carbocycles. The van der Waals surface area contributed by atoms with Crippen molar-refractivity contribution in [2.75, 3.05) is 19.0 Å². The Hall–Kier alpha value is -2.19. The molecule has 0 atom stereocenters. The SMILES string of the molecule is COC(=O)c1cnc(NCCc2ccc(Cl)s2)c([N+](=O)[O-])c1. The molecule has 0 radical (unpaired) electrons. The minimum atomic E-state index is -0.671. The number of methoxy groups -OCH3 is 1. The number of nitro groups is 1. The molecule has 1 N–H and O–H groups in total. The average Bonchev–Trinajstić information content (AvgIpc) is 2.92. The molecule has 0 spiro atoms. The number of anilines is 1. The molecule has 7 nitrogen and oxygen atoms in total. The van der Waals surface area contributed by atoms with Gasteiger partial charge in [0.05, 0.1) is 21.9 Å². The Morgan fingerprint density at radius 3 is 2.91 bits per heavy atom. The van der Waals surface area contributed by atoms with Crippen LogP contribution in [0.4, 0.5) is 11.5 Å². The Labute approximate surface area is 135 Å². The summed E-state index contributed by atoms with van der Waals surface area (Å²) in [5.41, 5.74) is -0.239. The van der Waals surface area contributed by atoms with E-state index in [2.05, 4.69) is 15.0 Å². The molecule has 0 unspecified atom stereocenters. The summed E-state index contributed by atoms with van der Waals surface area (Å²) in [5.74, 6) is -0.560. The van der Waals surface area contributed by atoms with Gasteiger partial charge in [0.2, 0.25) is 5.82 Å². The number of rotatable bonds is 6. The molecule has 116 valence electrons. The number of aromatic nitrogens is 1. The number of halogens is 1. The number of nitrogens with zero attached hydrogens (tertiary/aromatic N) is 2. The highest BCUT2D eigenvalue weighted by molar-refractivity contribution is 7.16. The lowest BCUT2D eigenvalue weighted by Gasteiger charge is -2.06. The van der Waals surface area contributed by atoms with Gasteiger partial charge in [-0.25, -0.2) is 9.78 Å². The summed E-state index contributed by atoms with van der Waals surface area (Å²) in [4.78, 5) is 26.9. The molecule has 2 aromatic rings. The van der Waals surface area contributed by atoms with Crippen LogP contribution in [0, 0.1) is 10.1 Å². The topological polar surface area (TPSA) is 94.4 Å². The van der Waals surface area contributed by atoms with Crippen LogP contribution >= 0.6 is 22.9 Å². The lowest BCUT2D eigenvalue weighted by molar-refractivity contribution is -0.384. The fourth-order valence-corrected chi connectivity index (χ4v) is 2.84. The van der Waals surface area contributed by atoms with Crippen molar-refractivity contribution in [3.05, 3.63) is 49.3 Å². The van der Waals surface area contributed by atoms with E-state index in [1.807, 2.05) is 6.07 Å². The highest BCUT2D eigenvalue weighted by Gasteiger charge is 2.19. The zero-order chi connectivity index (χ0) is 16.1. The second kappa shape index (κ2) is 7.19. The van der Waals surface area contributed by atoms with Crippen LogP contribution in [0.5, 0.6) is 0 Å². The molecule has 0 aromatic carbocycles. The zero-order valence-electron chi connectivity index (χ0n) is 11.5. The Morgan fingerprint density at radius 2 is 2.32 bits per heavy atom. The number of esters is 1. The number of hydrogen-bond donors (Lipinski definition) is 1. The maximum atomic E-state index is 11.4. The van der Waals surface area contributed by atoms with E-state index in [4.69, 9.17) is 11.6 Å². The number of ether oxygens (including phenoxy) is 1. The van der Waals surface area contributed by atoms with E-state index < -0.39 is 10.9 Å². The van der Waals surface area contributed by atoms with Gasteiger partial charge in [-0.15, -0.1) is 11.3 Å². The number of nitrogens with one attached hydrogen (secondary N) is 1. The van der Waals surface area contributed by atoms with Gasteiger partial charge in [-0.05, 0) is 18.6 Å². The molecule has 9 heteroatoms. The number of carbonyl (C=O) groups excluding carboxylic acids is 1. The van der Waals surface area contributed by atoms with Gasteiger partial charge in [0.1, 0.15) is 0 Å². The van der Waals surface area contributed by atoms with Crippen molar-refractivity contribution >= 4 is 40.4 Å². The quantitative estimate of drug-likeness (QED) is 0.492. The molecule has 2 heterocycles. The highest BCUT2D eigenvalue weighted by Crippen LogP contribution is 2.24. The van der Waals surface area contributed by atoms with Crippen molar-refractivity contribution in [2.45, 2.75) is 6.42 Å². The summed E-state index contributed by atoms with van der Waals surface area (Å²) in [6, 6.07) is 4.84. The largest absolute Gasteiger partial charge is 0.465 e. The van der Waals surface area contributed by atoms with Crippen LogP contribution in [0.3, 0.4) is 0 Å². The van der Waals surface area contributed by atoms with Crippen LogP contribution < -0.4 is 5.32 Å². The normalized spacial score (nSPS) is 10.3. The van der Waals surface area contributed by atoms with Crippen LogP contribution in [0.15, 0.2) is 24.4 Å². The van der Waals surface area contributed by atoms with E-state index in [1.54, 1.807) is 6.07 Å². The molecular formula is C13H12ClN3O4S. The fraction of sp³-hybridized carbons (Fsp3) is 0.231. The van der Waals surface area contributed by atoms with Crippen molar-refractivity contribution in [2.24, 2.45) is 0 Å². The second-order valence-corrected chi connectivity index (χ2v) is 6.02. The summed E-state index contributed by atoms with van der Waals surface area (Å²) in [5, 5.41) is 14.0. The first kappa shape index (κ1) is 16.2. The smallest absolute Gasteiger partial charge is 0.339 e. The molecule has 22 heavy (non-hydrogen) atoms. The average molecular weight is 342 g/mol. The maximum Gasteiger partial charge on any atom is 0.339 e. The molecular weight excluding hydrogens is 330 g/mol. The first-order valence-corrected chi connectivity index (χ1v) is 7.41. The third-order valence-corrected chi connectivity index (χ3v) is 4.07. The molecule has 0 amide bonds. The van der Waals surface area contributed by atoms with Crippen LogP contribution in [0.2, 0.25) is 4.34 Å². The predicted octanol–water partition coefficient (Wildman–Crippen LogP) is 3.15. The number of hydrogen-bond acceptors (Lipinski definition) is 7. The number of thiophene rings is 1. The number of pyridine rings is 1. The third kappa shape index (κ3) is 3.92. The first-order valence-electron chi connectivity index (χ1n) is 6.22. The summed E-state index contributed by atoms with van der Waals surface area (Å²) in [6.07, 6.45) is 1.90. The monoisotopic (exact) mass is 341 g/mol. The molecule has 0 fully saturated rings. The molecule has 0 aliphatic rings. The lowest BCUT2D eigenvalue weighted by atomic mass is 10.2. The van der Waals surface area contributed by atoms with Gasteiger partial charge in [-0.3, -0.25) is 10.1 Å². The Morgan fingerprint density at radius 1 is 1.55 bits per heavy atom. The standard InChI is InChI=1S/C13H12ClN3O4S/c1-21-13(18)8-6-10(17(19)20)12(16-7-8)15-5-4-9-2-3-11(14)22-9/h2-3,6-7H,4-5H2,1H3,(H,15,16). The number of carbonyl (C=O) groups is 1. The summed E-state index contributed by atoms with van der Waals surface area (Å²) in [7, 11) is 1.20. The van der Waals surface area contributed by atoms with Crippen LogP contribution in [0.1, 0.15) is 15.2 Å². The molecule has 0 bridgehead atoms. The van der Waals surface area contributed by atoms with E-state index in [0.29, 0.717) is 17.3 Å². The molecule has 2 rings (SSSR count). The van der Waals surface area contributed by atoms with E-state index in [1.165, 1.54) is 24.6 Å².